The van der Waals surface area contributed by atoms with Gasteiger partial charge in [0.05, 0.1) is 6.61 Å². The maximum Gasteiger partial charge on any atom is 0.281 e. The zero-order valence-corrected chi connectivity index (χ0v) is 11.4. The van der Waals surface area contributed by atoms with Gasteiger partial charge in [0, 0.05) is 21.1 Å². The molecular formula is C9H17O2W-. The zero-order chi connectivity index (χ0) is 9.07. The molecule has 0 saturated heterocycles. The molecule has 0 aromatic heterocycles. The fourth-order valence-electron chi connectivity index (χ4n) is 0.516. The Labute approximate surface area is 89.3 Å². The molecule has 0 aromatic rings. The molecule has 0 rings (SSSR count). The minimum Gasteiger partial charge on any atom is -0.467 e. The predicted molar refractivity (Wildman–Crippen MR) is 45.0 cm³/mol. The van der Waals surface area contributed by atoms with E-state index in [9.17, 15) is 4.79 Å². The molecule has 0 bridgehead atoms. The molecule has 0 spiro atoms. The molecule has 0 amide bonds. The van der Waals surface area contributed by atoms with Gasteiger partial charge in [0.25, 0.3) is 5.97 Å². The monoisotopic (exact) mass is 341 g/mol. The van der Waals surface area contributed by atoms with E-state index >= 15 is 0 Å². The van der Waals surface area contributed by atoms with E-state index in [-0.39, 0.29) is 27.0 Å². The molecule has 0 aliphatic carbocycles. The summed E-state index contributed by atoms with van der Waals surface area (Å²) in [6.45, 7) is 9.91. The summed E-state index contributed by atoms with van der Waals surface area (Å²) in [6.07, 6.45) is 0. The van der Waals surface area contributed by atoms with Gasteiger partial charge in [-0.05, 0) is 6.92 Å². The van der Waals surface area contributed by atoms with Crippen LogP contribution in [-0.4, -0.2) is 12.6 Å². The average molecular weight is 341 g/mol. The standard InChI is InChI=1S/C9H17O2.W/c1-6-11-8(10)9(4,5)7(2)3;/h6H2,1-5H3;/q-1;. The third-order valence-corrected chi connectivity index (χ3v) is 2.04. The summed E-state index contributed by atoms with van der Waals surface area (Å²) in [4.78, 5) is 11.3. The van der Waals surface area contributed by atoms with Crippen molar-refractivity contribution in [2.75, 3.05) is 6.61 Å². The van der Waals surface area contributed by atoms with Gasteiger partial charge < -0.3 is 10.7 Å². The second kappa shape index (κ2) is 5.74. The number of hydrogen-bond donors (Lipinski definition) is 0. The largest absolute Gasteiger partial charge is 0.467 e. The number of carbonyl (C=O) groups excluding carboxylic acids is 1. The van der Waals surface area contributed by atoms with Crippen LogP contribution in [0.2, 0.25) is 0 Å². The number of ether oxygens (including phenoxy) is 1. The van der Waals surface area contributed by atoms with Gasteiger partial charge in [-0.3, -0.25) is 4.79 Å². The Morgan fingerprint density at radius 2 is 1.83 bits per heavy atom. The van der Waals surface area contributed by atoms with E-state index < -0.39 is 5.41 Å². The first-order valence-corrected chi connectivity index (χ1v) is 3.90. The minimum atomic E-state index is -0.435. The van der Waals surface area contributed by atoms with E-state index in [1.54, 1.807) is 0 Å². The maximum atomic E-state index is 11.3. The summed E-state index contributed by atoms with van der Waals surface area (Å²) in [5, 5.41) is 0. The molecule has 0 radical (unpaired) electrons. The maximum absolute atomic E-state index is 11.3. The topological polar surface area (TPSA) is 26.3 Å². The normalized spacial score (nSPS) is 10.8. The van der Waals surface area contributed by atoms with Gasteiger partial charge in [-0.15, -0.1) is 0 Å². The number of esters is 1. The Morgan fingerprint density at radius 3 is 2.08 bits per heavy atom. The van der Waals surface area contributed by atoms with E-state index in [1.807, 2.05) is 34.6 Å². The fourth-order valence-corrected chi connectivity index (χ4v) is 0.516. The molecule has 0 aliphatic heterocycles. The molecule has 3 heteroatoms. The molecule has 0 atom stereocenters. The van der Waals surface area contributed by atoms with E-state index in [0.29, 0.717) is 6.61 Å². The second-order valence-electron chi connectivity index (χ2n) is 3.35. The van der Waals surface area contributed by atoms with Crippen LogP contribution in [-0.2, 0) is 30.6 Å². The molecule has 12 heavy (non-hydrogen) atoms. The van der Waals surface area contributed by atoms with Crippen LogP contribution >= 0.6 is 0 Å². The van der Waals surface area contributed by atoms with Crippen LogP contribution in [0.4, 0.5) is 0 Å². The molecular weight excluding hydrogens is 324 g/mol. The van der Waals surface area contributed by atoms with E-state index in [1.165, 1.54) is 0 Å². The first-order chi connectivity index (χ1) is 4.92. The molecule has 2 nitrogen and oxygen atoms in total. The molecule has 0 N–H and O–H groups in total. The first kappa shape index (κ1) is 14.7. The minimum absolute atomic E-state index is 0. The first-order valence-electron chi connectivity index (χ1n) is 3.90. The van der Waals surface area contributed by atoms with Crippen molar-refractivity contribution >= 4 is 5.97 Å². The summed E-state index contributed by atoms with van der Waals surface area (Å²) < 4.78 is 4.91. The average Bonchev–Trinajstić information content (AvgIpc) is 1.88. The number of carbonyl (C=O) groups is 1. The van der Waals surface area contributed by atoms with E-state index in [4.69, 9.17) is 4.74 Å². The van der Waals surface area contributed by atoms with Crippen LogP contribution in [0.3, 0.4) is 0 Å². The van der Waals surface area contributed by atoms with Crippen molar-refractivity contribution in [2.45, 2.75) is 34.6 Å². The molecule has 0 unspecified atom stereocenters. The SMILES string of the molecule is CCOC(=O)C(C)(C)[C-](C)C.[W]. The van der Waals surface area contributed by atoms with Crippen LogP contribution in [0, 0.1) is 11.3 Å². The predicted octanol–water partition coefficient (Wildman–Crippen LogP) is 2.19. The molecule has 0 aliphatic rings. The van der Waals surface area contributed by atoms with Gasteiger partial charge in [-0.1, -0.05) is 19.3 Å². The smallest absolute Gasteiger partial charge is 0.281 e. The Bertz CT molecular complexity index is 141. The van der Waals surface area contributed by atoms with Crippen molar-refractivity contribution in [2.24, 2.45) is 5.41 Å². The Kier molecular flexibility index (Phi) is 7.02. The number of hydrogen-bond acceptors (Lipinski definition) is 2. The Morgan fingerprint density at radius 1 is 1.42 bits per heavy atom. The summed E-state index contributed by atoms with van der Waals surface area (Å²) in [5.41, 5.74) is -0.435. The molecule has 72 valence electrons. The van der Waals surface area contributed by atoms with Crippen LogP contribution in [0.25, 0.3) is 0 Å². The third-order valence-electron chi connectivity index (χ3n) is 2.04. The van der Waals surface area contributed by atoms with Gasteiger partial charge in [0.1, 0.15) is 0 Å². The quantitative estimate of drug-likeness (QED) is 0.581. The van der Waals surface area contributed by atoms with Gasteiger partial charge in [0.2, 0.25) is 0 Å². The summed E-state index contributed by atoms with van der Waals surface area (Å²) in [7, 11) is 0. The van der Waals surface area contributed by atoms with Crippen LogP contribution in [0.1, 0.15) is 34.6 Å². The van der Waals surface area contributed by atoms with Gasteiger partial charge >= 0.3 is 0 Å². The van der Waals surface area contributed by atoms with Crippen molar-refractivity contribution < 1.29 is 30.6 Å². The molecule has 0 heterocycles. The second-order valence-corrected chi connectivity index (χ2v) is 3.35. The number of rotatable bonds is 3. The summed E-state index contributed by atoms with van der Waals surface area (Å²) in [6, 6.07) is 0. The van der Waals surface area contributed by atoms with Gasteiger partial charge in [0.15, 0.2) is 0 Å². The van der Waals surface area contributed by atoms with Crippen LogP contribution in [0.5, 0.6) is 0 Å². The van der Waals surface area contributed by atoms with E-state index in [0.717, 1.165) is 5.92 Å². The van der Waals surface area contributed by atoms with Crippen molar-refractivity contribution in [3.05, 3.63) is 5.92 Å². The third kappa shape index (κ3) is 3.71. The van der Waals surface area contributed by atoms with E-state index in [2.05, 4.69) is 0 Å². The van der Waals surface area contributed by atoms with Crippen molar-refractivity contribution in [1.82, 2.24) is 0 Å². The molecule has 0 fully saturated rings. The van der Waals surface area contributed by atoms with Crippen molar-refractivity contribution in [1.29, 1.82) is 0 Å². The molecule has 0 aromatic carbocycles. The zero-order valence-electron chi connectivity index (χ0n) is 8.43. The van der Waals surface area contributed by atoms with Crippen molar-refractivity contribution in [3.8, 4) is 0 Å². The van der Waals surface area contributed by atoms with Gasteiger partial charge in [-0.25, -0.2) is 0 Å². The van der Waals surface area contributed by atoms with Gasteiger partial charge in [-0.2, -0.15) is 13.8 Å². The summed E-state index contributed by atoms with van der Waals surface area (Å²) in [5.74, 6) is 0.941. The van der Waals surface area contributed by atoms with Crippen LogP contribution in [0.15, 0.2) is 0 Å². The van der Waals surface area contributed by atoms with Crippen molar-refractivity contribution in [3.63, 3.8) is 0 Å². The Balaban J connectivity index is 0. The van der Waals surface area contributed by atoms with Crippen LogP contribution < -0.4 is 0 Å². The Hall–Kier alpha value is 0.158. The fraction of sp³-hybridized carbons (Fsp3) is 0.778. The summed E-state index contributed by atoms with van der Waals surface area (Å²) >= 11 is 0. The molecule has 0 saturated carbocycles.